The quantitative estimate of drug-likeness (QED) is 0.826. The zero-order valence-electron chi connectivity index (χ0n) is 9.22. The molecule has 16 heavy (non-hydrogen) atoms. The molecule has 0 bridgehead atoms. The highest BCUT2D eigenvalue weighted by Crippen LogP contribution is 2.08. The predicted molar refractivity (Wildman–Crippen MR) is 63.9 cm³/mol. The number of nitrogens with zero attached hydrogens (tertiary/aromatic N) is 2. The third-order valence-corrected chi connectivity index (χ3v) is 3.67. The van der Waals surface area contributed by atoms with Crippen LogP contribution < -0.4 is 5.73 Å². The average Bonchev–Trinajstić information content (AvgIpc) is 2.29. The Hall–Kier alpha value is -1.25. The predicted octanol–water partition coefficient (Wildman–Crippen LogP) is 0.939. The number of pyridine rings is 1. The molecule has 0 aromatic carbocycles. The fourth-order valence-electron chi connectivity index (χ4n) is 1.24. The Morgan fingerprint density at radius 1 is 1.69 bits per heavy atom. The van der Waals surface area contributed by atoms with Crippen LogP contribution in [0.3, 0.4) is 0 Å². The van der Waals surface area contributed by atoms with E-state index in [0.717, 1.165) is 12.0 Å². The first-order valence-corrected chi connectivity index (χ1v) is 6.60. The molecule has 0 aliphatic rings. The molecule has 0 spiro atoms. The normalized spacial score (nSPS) is 14.1. The Labute approximate surface area is 97.9 Å². The maximum Gasteiger partial charge on any atom is 0.144 e. The number of aromatic nitrogens is 1. The van der Waals surface area contributed by atoms with Crippen LogP contribution in [-0.2, 0) is 16.6 Å². The molecule has 2 atom stereocenters. The first-order valence-electron chi connectivity index (χ1n) is 5.12. The summed E-state index contributed by atoms with van der Waals surface area (Å²) in [5.41, 5.74) is 6.80. The van der Waals surface area contributed by atoms with Crippen molar-refractivity contribution in [2.24, 2.45) is 5.73 Å². The minimum Gasteiger partial charge on any atom is -0.327 e. The molecule has 5 heteroatoms. The Morgan fingerprint density at radius 2 is 2.44 bits per heavy atom. The van der Waals surface area contributed by atoms with Gasteiger partial charge in [-0.3, -0.25) is 4.21 Å². The van der Waals surface area contributed by atoms with Crippen molar-refractivity contribution in [1.29, 1.82) is 5.26 Å². The first kappa shape index (κ1) is 12.8. The van der Waals surface area contributed by atoms with Gasteiger partial charge in [0, 0.05) is 34.4 Å². The maximum atomic E-state index is 11.7. The van der Waals surface area contributed by atoms with Crippen molar-refractivity contribution in [2.45, 2.75) is 25.1 Å². The summed E-state index contributed by atoms with van der Waals surface area (Å²) in [6.07, 6.45) is 2.37. The van der Waals surface area contributed by atoms with Gasteiger partial charge in [0.2, 0.25) is 0 Å². The van der Waals surface area contributed by atoms with Crippen LogP contribution in [-0.4, -0.2) is 21.0 Å². The molecular weight excluding hydrogens is 222 g/mol. The molecule has 0 amide bonds. The van der Waals surface area contributed by atoms with Gasteiger partial charge in [-0.1, -0.05) is 13.0 Å². The molecule has 0 saturated carbocycles. The van der Waals surface area contributed by atoms with Gasteiger partial charge in [0.15, 0.2) is 0 Å². The summed E-state index contributed by atoms with van der Waals surface area (Å²) in [7, 11) is -1.03. The lowest BCUT2D eigenvalue weighted by molar-refractivity contribution is 0.663. The summed E-state index contributed by atoms with van der Waals surface area (Å²) < 4.78 is 11.7. The van der Waals surface area contributed by atoms with Crippen molar-refractivity contribution in [3.63, 3.8) is 0 Å². The van der Waals surface area contributed by atoms with Gasteiger partial charge in [0.25, 0.3) is 0 Å². The SMILES string of the molecule is CCC(N)CS(=O)Cc1cccnc1C#N. The summed E-state index contributed by atoms with van der Waals surface area (Å²) in [5, 5.41) is 8.82. The highest BCUT2D eigenvalue weighted by molar-refractivity contribution is 7.84. The molecule has 4 nitrogen and oxygen atoms in total. The number of nitrogens with two attached hydrogens (primary N) is 1. The van der Waals surface area contributed by atoms with Crippen molar-refractivity contribution < 1.29 is 4.21 Å². The summed E-state index contributed by atoms with van der Waals surface area (Å²) in [4.78, 5) is 3.92. The van der Waals surface area contributed by atoms with E-state index in [1.165, 1.54) is 0 Å². The van der Waals surface area contributed by atoms with Crippen LogP contribution in [0.15, 0.2) is 18.3 Å². The largest absolute Gasteiger partial charge is 0.327 e. The summed E-state index contributed by atoms with van der Waals surface area (Å²) >= 11 is 0. The highest BCUT2D eigenvalue weighted by Gasteiger charge is 2.10. The van der Waals surface area contributed by atoms with Gasteiger partial charge in [-0.2, -0.15) is 5.26 Å². The van der Waals surface area contributed by atoms with E-state index in [2.05, 4.69) is 4.98 Å². The summed E-state index contributed by atoms with van der Waals surface area (Å²) in [6.45, 7) is 1.96. The zero-order chi connectivity index (χ0) is 12.0. The topological polar surface area (TPSA) is 79.8 Å². The maximum absolute atomic E-state index is 11.7. The minimum atomic E-state index is -1.03. The molecule has 1 heterocycles. The zero-order valence-corrected chi connectivity index (χ0v) is 10.0. The molecule has 0 radical (unpaired) electrons. The van der Waals surface area contributed by atoms with Crippen LogP contribution in [0.1, 0.15) is 24.6 Å². The van der Waals surface area contributed by atoms with Gasteiger partial charge in [-0.25, -0.2) is 4.98 Å². The van der Waals surface area contributed by atoms with Crippen LogP contribution in [0.2, 0.25) is 0 Å². The van der Waals surface area contributed by atoms with Gasteiger partial charge in [-0.05, 0) is 12.5 Å². The summed E-state index contributed by atoms with van der Waals surface area (Å²) in [5.74, 6) is 0.820. The standard InChI is InChI=1S/C11H15N3OS/c1-2-10(13)8-16(15)7-9-4-3-5-14-11(9)6-12/h3-5,10H,2,7-8,13H2,1H3. The van der Waals surface area contributed by atoms with E-state index in [4.69, 9.17) is 11.0 Å². The molecule has 0 fully saturated rings. The van der Waals surface area contributed by atoms with E-state index in [0.29, 0.717) is 17.2 Å². The lowest BCUT2D eigenvalue weighted by Crippen LogP contribution is -2.26. The Kier molecular flexibility index (Phi) is 5.09. The molecule has 0 aliphatic heterocycles. The average molecular weight is 237 g/mol. The third kappa shape index (κ3) is 3.72. The molecule has 2 N–H and O–H groups in total. The Bertz CT molecular complexity index is 414. The van der Waals surface area contributed by atoms with E-state index in [-0.39, 0.29) is 6.04 Å². The third-order valence-electron chi connectivity index (χ3n) is 2.24. The van der Waals surface area contributed by atoms with E-state index in [9.17, 15) is 4.21 Å². The van der Waals surface area contributed by atoms with Gasteiger partial charge < -0.3 is 5.73 Å². The second kappa shape index (κ2) is 6.36. The van der Waals surface area contributed by atoms with Gasteiger partial charge in [0.1, 0.15) is 11.8 Å². The van der Waals surface area contributed by atoms with Crippen LogP contribution in [0.25, 0.3) is 0 Å². The van der Waals surface area contributed by atoms with E-state index in [1.807, 2.05) is 13.0 Å². The monoisotopic (exact) mass is 237 g/mol. The van der Waals surface area contributed by atoms with Crippen molar-refractivity contribution in [1.82, 2.24) is 4.98 Å². The fourth-order valence-corrected chi connectivity index (χ4v) is 2.66. The van der Waals surface area contributed by atoms with Crippen molar-refractivity contribution in [2.75, 3.05) is 5.75 Å². The van der Waals surface area contributed by atoms with Gasteiger partial charge in [0.05, 0.1) is 5.75 Å². The number of nitriles is 1. The van der Waals surface area contributed by atoms with E-state index in [1.54, 1.807) is 18.3 Å². The summed E-state index contributed by atoms with van der Waals surface area (Å²) in [6, 6.07) is 5.47. The van der Waals surface area contributed by atoms with Crippen molar-refractivity contribution in [3.05, 3.63) is 29.6 Å². The van der Waals surface area contributed by atoms with Crippen molar-refractivity contribution >= 4 is 10.8 Å². The van der Waals surface area contributed by atoms with Crippen LogP contribution in [0.4, 0.5) is 0 Å². The molecular formula is C11H15N3OS. The highest BCUT2D eigenvalue weighted by atomic mass is 32.2. The van der Waals surface area contributed by atoms with E-state index < -0.39 is 10.8 Å². The molecule has 86 valence electrons. The van der Waals surface area contributed by atoms with Crippen LogP contribution >= 0.6 is 0 Å². The van der Waals surface area contributed by atoms with E-state index >= 15 is 0 Å². The first-order chi connectivity index (χ1) is 7.67. The molecule has 1 aromatic heterocycles. The second-order valence-corrected chi connectivity index (χ2v) is 5.04. The second-order valence-electron chi connectivity index (χ2n) is 3.54. The number of hydrogen-bond acceptors (Lipinski definition) is 4. The smallest absolute Gasteiger partial charge is 0.144 e. The van der Waals surface area contributed by atoms with Gasteiger partial charge >= 0.3 is 0 Å². The number of hydrogen-bond donors (Lipinski definition) is 1. The lowest BCUT2D eigenvalue weighted by atomic mass is 10.2. The Morgan fingerprint density at radius 3 is 3.06 bits per heavy atom. The molecule has 2 unspecified atom stereocenters. The minimum absolute atomic E-state index is 0.0389. The Balaban J connectivity index is 2.67. The number of rotatable bonds is 5. The van der Waals surface area contributed by atoms with Crippen LogP contribution in [0.5, 0.6) is 0 Å². The van der Waals surface area contributed by atoms with Crippen LogP contribution in [0, 0.1) is 11.3 Å². The molecule has 1 rings (SSSR count). The molecule has 1 aromatic rings. The molecule has 0 aliphatic carbocycles. The van der Waals surface area contributed by atoms with Gasteiger partial charge in [-0.15, -0.1) is 0 Å². The lowest BCUT2D eigenvalue weighted by Gasteiger charge is -2.08. The molecule has 0 saturated heterocycles. The fraction of sp³-hybridized carbons (Fsp3) is 0.455. The van der Waals surface area contributed by atoms with Crippen molar-refractivity contribution in [3.8, 4) is 6.07 Å².